The van der Waals surface area contributed by atoms with Crippen molar-refractivity contribution in [3.63, 3.8) is 0 Å². The lowest BCUT2D eigenvalue weighted by Gasteiger charge is -2.34. The lowest BCUT2D eigenvalue weighted by molar-refractivity contribution is 0.0462. The largest absolute Gasteiger partial charge is 0.373 e. The number of pyridine rings is 1. The Hall–Kier alpha value is -1.59. The van der Waals surface area contributed by atoms with Gasteiger partial charge in [-0.05, 0) is 12.1 Å². The van der Waals surface area contributed by atoms with Gasteiger partial charge >= 0.3 is 0 Å². The number of fused-ring (bicyclic) bond motifs is 1. The molecule has 3 heterocycles. The van der Waals surface area contributed by atoms with Gasteiger partial charge < -0.3 is 15.4 Å². The summed E-state index contributed by atoms with van der Waals surface area (Å²) in [6, 6.07) is 6.14. The highest BCUT2D eigenvalue weighted by Gasteiger charge is 2.20. The van der Waals surface area contributed by atoms with Crippen LogP contribution in [0.5, 0.6) is 0 Å². The van der Waals surface area contributed by atoms with Gasteiger partial charge in [0.15, 0.2) is 0 Å². The molecule has 1 aliphatic rings. The van der Waals surface area contributed by atoms with Crippen LogP contribution >= 0.6 is 0 Å². The number of hydrogen-bond donors (Lipinski definition) is 1. The Morgan fingerprint density at radius 2 is 2.41 bits per heavy atom. The third-order valence-electron chi connectivity index (χ3n) is 3.13. The van der Waals surface area contributed by atoms with Gasteiger partial charge in [0.1, 0.15) is 11.5 Å². The highest BCUT2D eigenvalue weighted by atomic mass is 16.5. The molecule has 1 fully saturated rings. The monoisotopic (exact) mass is 232 g/mol. The van der Waals surface area contributed by atoms with Gasteiger partial charge in [0, 0.05) is 32.0 Å². The first-order chi connectivity index (χ1) is 8.38. The zero-order valence-electron chi connectivity index (χ0n) is 9.62. The van der Waals surface area contributed by atoms with E-state index >= 15 is 0 Å². The van der Waals surface area contributed by atoms with E-state index in [1.165, 1.54) is 0 Å². The molecule has 5 heteroatoms. The van der Waals surface area contributed by atoms with E-state index in [1.807, 2.05) is 24.5 Å². The molecule has 2 aromatic heterocycles. The molecule has 5 nitrogen and oxygen atoms in total. The minimum atomic E-state index is 0.127. The number of hydrogen-bond acceptors (Lipinski definition) is 4. The zero-order chi connectivity index (χ0) is 11.7. The second-order valence-electron chi connectivity index (χ2n) is 4.21. The van der Waals surface area contributed by atoms with Gasteiger partial charge in [-0.25, -0.2) is 4.98 Å². The molecule has 0 amide bonds. The normalized spacial score (nSPS) is 21.0. The molecular weight excluding hydrogens is 216 g/mol. The average Bonchev–Trinajstić information content (AvgIpc) is 2.87. The molecule has 90 valence electrons. The molecule has 0 aromatic carbocycles. The van der Waals surface area contributed by atoms with Crippen LogP contribution in [0.4, 0.5) is 5.82 Å². The van der Waals surface area contributed by atoms with Gasteiger partial charge in [-0.1, -0.05) is 6.07 Å². The summed E-state index contributed by atoms with van der Waals surface area (Å²) in [5.74, 6) is 1.15. The minimum absolute atomic E-state index is 0.127. The Morgan fingerprint density at radius 3 is 3.29 bits per heavy atom. The molecule has 2 aromatic rings. The first-order valence-electron chi connectivity index (χ1n) is 5.87. The number of nitrogens with zero attached hydrogens (tertiary/aromatic N) is 3. The number of imidazole rings is 1. The molecule has 3 rings (SSSR count). The van der Waals surface area contributed by atoms with Crippen LogP contribution < -0.4 is 10.6 Å². The molecule has 1 aliphatic heterocycles. The smallest absolute Gasteiger partial charge is 0.138 e. The Kier molecular flexibility index (Phi) is 2.70. The van der Waals surface area contributed by atoms with Crippen molar-refractivity contribution in [3.8, 4) is 0 Å². The van der Waals surface area contributed by atoms with E-state index in [-0.39, 0.29) is 6.10 Å². The van der Waals surface area contributed by atoms with Crippen LogP contribution in [-0.2, 0) is 4.74 Å². The number of anilines is 1. The topological polar surface area (TPSA) is 55.8 Å². The van der Waals surface area contributed by atoms with Crippen LogP contribution in [0.25, 0.3) is 5.65 Å². The van der Waals surface area contributed by atoms with Crippen molar-refractivity contribution in [2.75, 3.05) is 31.1 Å². The molecule has 1 atom stereocenters. The van der Waals surface area contributed by atoms with Crippen molar-refractivity contribution in [2.45, 2.75) is 6.10 Å². The molecule has 0 aliphatic carbocycles. The molecule has 1 unspecified atom stereocenters. The Morgan fingerprint density at radius 1 is 1.47 bits per heavy atom. The van der Waals surface area contributed by atoms with Crippen molar-refractivity contribution < 1.29 is 4.74 Å². The molecule has 0 saturated carbocycles. The fourth-order valence-corrected chi connectivity index (χ4v) is 2.26. The lowest BCUT2D eigenvalue weighted by atomic mass is 10.2. The molecule has 17 heavy (non-hydrogen) atoms. The van der Waals surface area contributed by atoms with Gasteiger partial charge in [0.2, 0.25) is 0 Å². The number of nitrogens with two attached hydrogens (primary N) is 1. The maximum absolute atomic E-state index is 5.67. The summed E-state index contributed by atoms with van der Waals surface area (Å²) < 4.78 is 7.68. The van der Waals surface area contributed by atoms with Gasteiger partial charge in [0.05, 0.1) is 12.7 Å². The van der Waals surface area contributed by atoms with Crippen LogP contribution in [0.15, 0.2) is 30.6 Å². The summed E-state index contributed by atoms with van der Waals surface area (Å²) in [6.07, 6.45) is 3.93. The highest BCUT2D eigenvalue weighted by molar-refractivity contribution is 5.51. The predicted octanol–water partition coefficient (Wildman–Crippen LogP) is 0.498. The Labute approximate surface area is 99.8 Å². The maximum Gasteiger partial charge on any atom is 0.138 e. The fraction of sp³-hybridized carbons (Fsp3) is 0.417. The van der Waals surface area contributed by atoms with Crippen LogP contribution in [0.1, 0.15) is 0 Å². The molecule has 2 N–H and O–H groups in total. The van der Waals surface area contributed by atoms with E-state index in [1.54, 1.807) is 0 Å². The summed E-state index contributed by atoms with van der Waals surface area (Å²) in [7, 11) is 0. The van der Waals surface area contributed by atoms with E-state index in [0.717, 1.165) is 31.2 Å². The summed E-state index contributed by atoms with van der Waals surface area (Å²) in [5, 5.41) is 0. The summed E-state index contributed by atoms with van der Waals surface area (Å²) >= 11 is 0. The Bertz CT molecular complexity index is 510. The van der Waals surface area contributed by atoms with E-state index in [9.17, 15) is 0 Å². The van der Waals surface area contributed by atoms with Crippen LogP contribution in [-0.4, -0.2) is 41.7 Å². The second-order valence-corrected chi connectivity index (χ2v) is 4.21. The van der Waals surface area contributed by atoms with Crippen LogP contribution in [0.2, 0.25) is 0 Å². The third kappa shape index (κ3) is 1.87. The lowest BCUT2D eigenvalue weighted by Crippen LogP contribution is -2.46. The van der Waals surface area contributed by atoms with E-state index < -0.39 is 0 Å². The van der Waals surface area contributed by atoms with Crippen LogP contribution in [0.3, 0.4) is 0 Å². The zero-order valence-corrected chi connectivity index (χ0v) is 9.62. The second kappa shape index (κ2) is 4.35. The van der Waals surface area contributed by atoms with Crippen molar-refractivity contribution in [3.05, 3.63) is 30.6 Å². The van der Waals surface area contributed by atoms with Gasteiger partial charge in [0.25, 0.3) is 0 Å². The van der Waals surface area contributed by atoms with Gasteiger partial charge in [-0.2, -0.15) is 0 Å². The van der Waals surface area contributed by atoms with E-state index in [0.29, 0.717) is 6.54 Å². The molecular formula is C12H16N4O. The SMILES string of the molecule is NCC1CN(c2cccc3nccn23)CCO1. The van der Waals surface area contributed by atoms with Gasteiger partial charge in [-0.15, -0.1) is 0 Å². The van der Waals surface area contributed by atoms with Gasteiger partial charge in [-0.3, -0.25) is 4.40 Å². The first kappa shape index (κ1) is 10.6. The predicted molar refractivity (Wildman–Crippen MR) is 66.2 cm³/mol. The van der Waals surface area contributed by atoms with Crippen molar-refractivity contribution in [1.29, 1.82) is 0 Å². The Balaban J connectivity index is 1.94. The third-order valence-corrected chi connectivity index (χ3v) is 3.13. The standard InChI is InChI=1S/C12H16N4O/c13-8-10-9-15(6-7-17-10)12-3-1-2-11-14-4-5-16(11)12/h1-5,10H,6-9,13H2. The quantitative estimate of drug-likeness (QED) is 0.819. The van der Waals surface area contributed by atoms with Crippen LogP contribution in [0, 0.1) is 0 Å². The van der Waals surface area contributed by atoms with Crippen molar-refractivity contribution >= 4 is 11.5 Å². The number of morpholine rings is 1. The number of rotatable bonds is 2. The molecule has 0 bridgehead atoms. The molecule has 1 saturated heterocycles. The number of aromatic nitrogens is 2. The van der Waals surface area contributed by atoms with E-state index in [2.05, 4.69) is 20.4 Å². The maximum atomic E-state index is 5.67. The van der Waals surface area contributed by atoms with Crippen molar-refractivity contribution in [1.82, 2.24) is 9.38 Å². The minimum Gasteiger partial charge on any atom is -0.373 e. The van der Waals surface area contributed by atoms with Crippen molar-refractivity contribution in [2.24, 2.45) is 5.73 Å². The van der Waals surface area contributed by atoms with E-state index in [4.69, 9.17) is 10.5 Å². The summed E-state index contributed by atoms with van der Waals surface area (Å²) in [5.41, 5.74) is 6.64. The number of ether oxygens (including phenoxy) is 1. The first-order valence-corrected chi connectivity index (χ1v) is 5.87. The fourth-order valence-electron chi connectivity index (χ4n) is 2.26. The highest BCUT2D eigenvalue weighted by Crippen LogP contribution is 2.18. The average molecular weight is 232 g/mol. The summed E-state index contributed by atoms with van der Waals surface area (Å²) in [4.78, 5) is 6.60. The molecule has 0 radical (unpaired) electrons. The summed E-state index contributed by atoms with van der Waals surface area (Å²) in [6.45, 7) is 3.03. The molecule has 0 spiro atoms.